The van der Waals surface area contributed by atoms with E-state index in [9.17, 15) is 9.59 Å². The first-order valence-electron chi connectivity index (χ1n) is 9.90. The highest BCUT2D eigenvalue weighted by atomic mass is 16.2. The number of hydrogen-bond acceptors (Lipinski definition) is 5. The lowest BCUT2D eigenvalue weighted by molar-refractivity contribution is -0.143. The Kier molecular flexibility index (Phi) is 4.91. The first-order valence-corrected chi connectivity index (χ1v) is 9.90. The van der Waals surface area contributed by atoms with Crippen molar-refractivity contribution in [1.29, 1.82) is 0 Å². The number of piperidine rings is 2. The molecule has 1 aromatic rings. The van der Waals surface area contributed by atoms with E-state index in [-0.39, 0.29) is 11.3 Å². The summed E-state index contributed by atoms with van der Waals surface area (Å²) in [4.78, 5) is 29.1. The molecule has 0 radical (unpaired) electrons. The lowest BCUT2D eigenvalue weighted by Gasteiger charge is -2.48. The summed E-state index contributed by atoms with van der Waals surface area (Å²) in [7, 11) is 0. The van der Waals surface area contributed by atoms with Gasteiger partial charge in [0, 0.05) is 51.0 Å². The van der Waals surface area contributed by atoms with Crippen LogP contribution in [0.15, 0.2) is 6.33 Å². The van der Waals surface area contributed by atoms with Gasteiger partial charge in [0.1, 0.15) is 6.33 Å². The van der Waals surface area contributed by atoms with E-state index in [1.54, 1.807) is 11.0 Å². The average molecular weight is 360 g/mol. The van der Waals surface area contributed by atoms with Crippen LogP contribution in [0, 0.1) is 11.3 Å². The van der Waals surface area contributed by atoms with Crippen LogP contribution < -0.4 is 0 Å². The Balaban J connectivity index is 1.31. The molecule has 0 unspecified atom stereocenters. The van der Waals surface area contributed by atoms with Gasteiger partial charge in [-0.05, 0) is 54.9 Å². The fraction of sp³-hybridized carbons (Fsp3) is 0.833. The Morgan fingerprint density at radius 2 is 2.15 bits per heavy atom. The summed E-state index contributed by atoms with van der Waals surface area (Å²) >= 11 is 0. The Labute approximate surface area is 153 Å². The van der Waals surface area contributed by atoms with Gasteiger partial charge in [-0.1, -0.05) is 0 Å². The third-order valence-corrected chi connectivity index (χ3v) is 6.11. The summed E-state index contributed by atoms with van der Waals surface area (Å²) in [6.07, 6.45) is 9.15. The number of tetrazole rings is 1. The number of carbonyl (C=O) groups is 2. The lowest BCUT2D eigenvalue weighted by Crippen LogP contribution is -2.55. The fourth-order valence-electron chi connectivity index (χ4n) is 4.47. The van der Waals surface area contributed by atoms with Crippen molar-refractivity contribution in [2.75, 3.05) is 26.2 Å². The predicted molar refractivity (Wildman–Crippen MR) is 93.8 cm³/mol. The first-order chi connectivity index (χ1) is 12.6. The molecule has 1 spiro atoms. The minimum Gasteiger partial charge on any atom is -0.342 e. The van der Waals surface area contributed by atoms with Gasteiger partial charge in [-0.15, -0.1) is 5.10 Å². The number of aryl methyl sites for hydroxylation is 1. The smallest absolute Gasteiger partial charge is 0.222 e. The highest BCUT2D eigenvalue weighted by molar-refractivity contribution is 5.78. The van der Waals surface area contributed by atoms with Gasteiger partial charge in [-0.3, -0.25) is 9.59 Å². The van der Waals surface area contributed by atoms with Gasteiger partial charge in [0.05, 0.1) is 0 Å². The summed E-state index contributed by atoms with van der Waals surface area (Å²) in [5.74, 6) is 1.26. The molecule has 8 heteroatoms. The highest BCUT2D eigenvalue weighted by Gasteiger charge is 2.43. The van der Waals surface area contributed by atoms with E-state index in [4.69, 9.17) is 0 Å². The zero-order chi connectivity index (χ0) is 18.0. The van der Waals surface area contributed by atoms with Crippen molar-refractivity contribution >= 4 is 11.8 Å². The van der Waals surface area contributed by atoms with Crippen LogP contribution in [0.3, 0.4) is 0 Å². The lowest BCUT2D eigenvalue weighted by atomic mass is 9.73. The maximum atomic E-state index is 12.7. The van der Waals surface area contributed by atoms with Crippen molar-refractivity contribution < 1.29 is 9.59 Å². The molecule has 0 N–H and O–H groups in total. The van der Waals surface area contributed by atoms with Crippen LogP contribution in [0.4, 0.5) is 0 Å². The second-order valence-corrected chi connectivity index (χ2v) is 8.31. The highest BCUT2D eigenvalue weighted by Crippen LogP contribution is 2.40. The molecule has 2 saturated heterocycles. The van der Waals surface area contributed by atoms with E-state index in [1.807, 2.05) is 4.90 Å². The number of carbonyl (C=O) groups excluding carboxylic acids is 2. The van der Waals surface area contributed by atoms with E-state index >= 15 is 0 Å². The molecule has 2 amide bonds. The maximum Gasteiger partial charge on any atom is 0.222 e. The molecular weight excluding hydrogens is 332 g/mol. The first kappa shape index (κ1) is 17.4. The van der Waals surface area contributed by atoms with Crippen molar-refractivity contribution in [3.63, 3.8) is 0 Å². The Hall–Kier alpha value is -1.99. The monoisotopic (exact) mass is 360 g/mol. The molecule has 2 aliphatic heterocycles. The third kappa shape index (κ3) is 4.04. The molecule has 4 rings (SSSR count). The van der Waals surface area contributed by atoms with Crippen LogP contribution in [0.25, 0.3) is 0 Å². The zero-order valence-corrected chi connectivity index (χ0v) is 15.3. The van der Waals surface area contributed by atoms with Gasteiger partial charge < -0.3 is 9.80 Å². The van der Waals surface area contributed by atoms with Crippen LogP contribution in [0.5, 0.6) is 0 Å². The minimum absolute atomic E-state index is 0.118. The SMILES string of the molecule is O=C(CCCn1cnnn1)N1CCC[C@@]2(CCC(=O)N(CC3CC3)C2)C1. The Morgan fingerprint density at radius 3 is 2.92 bits per heavy atom. The molecule has 3 fully saturated rings. The third-order valence-electron chi connectivity index (χ3n) is 6.11. The number of nitrogens with zero attached hydrogens (tertiary/aromatic N) is 6. The number of hydrogen-bond donors (Lipinski definition) is 0. The maximum absolute atomic E-state index is 12.7. The van der Waals surface area contributed by atoms with Crippen molar-refractivity contribution in [2.45, 2.75) is 57.9 Å². The molecule has 1 saturated carbocycles. The van der Waals surface area contributed by atoms with Gasteiger partial charge in [-0.25, -0.2) is 4.68 Å². The summed E-state index contributed by atoms with van der Waals surface area (Å²) in [5, 5.41) is 11.1. The summed E-state index contributed by atoms with van der Waals surface area (Å²) in [5.41, 5.74) is 0.118. The molecule has 26 heavy (non-hydrogen) atoms. The Morgan fingerprint density at radius 1 is 1.27 bits per heavy atom. The number of rotatable bonds is 6. The average Bonchev–Trinajstić information content (AvgIpc) is 3.30. The molecule has 1 aliphatic carbocycles. The van der Waals surface area contributed by atoms with E-state index in [0.29, 0.717) is 25.3 Å². The number of amides is 2. The van der Waals surface area contributed by atoms with Crippen LogP contribution in [-0.2, 0) is 16.1 Å². The van der Waals surface area contributed by atoms with Crippen LogP contribution in [-0.4, -0.2) is 68.0 Å². The van der Waals surface area contributed by atoms with Gasteiger partial charge in [0.25, 0.3) is 0 Å². The number of likely N-dealkylation sites (tertiary alicyclic amines) is 2. The second kappa shape index (κ2) is 7.32. The summed E-state index contributed by atoms with van der Waals surface area (Å²) in [6.45, 7) is 4.10. The summed E-state index contributed by atoms with van der Waals surface area (Å²) in [6, 6.07) is 0. The van der Waals surface area contributed by atoms with Crippen molar-refractivity contribution in [1.82, 2.24) is 30.0 Å². The topological polar surface area (TPSA) is 84.2 Å². The molecule has 1 aromatic heterocycles. The zero-order valence-electron chi connectivity index (χ0n) is 15.3. The Bertz CT molecular complexity index is 644. The minimum atomic E-state index is 0.118. The van der Waals surface area contributed by atoms with Crippen molar-refractivity contribution in [3.8, 4) is 0 Å². The molecule has 8 nitrogen and oxygen atoms in total. The second-order valence-electron chi connectivity index (χ2n) is 8.31. The molecular formula is C18H28N6O2. The van der Waals surface area contributed by atoms with E-state index in [1.165, 1.54) is 12.8 Å². The molecule has 3 heterocycles. The normalized spacial score (nSPS) is 26.5. The standard InChI is InChI=1S/C18H28N6O2/c25-16(3-1-10-24-14-19-20-21-24)22-9-2-7-18(12-22)8-6-17(26)23(13-18)11-15-4-5-15/h14-15H,1-13H2/t18-/m1/s1. The molecule has 3 aliphatic rings. The summed E-state index contributed by atoms with van der Waals surface area (Å²) < 4.78 is 1.66. The number of aromatic nitrogens is 4. The van der Waals surface area contributed by atoms with Gasteiger partial charge in [0.2, 0.25) is 11.8 Å². The quantitative estimate of drug-likeness (QED) is 0.758. The largest absolute Gasteiger partial charge is 0.342 e. The van der Waals surface area contributed by atoms with Crippen LogP contribution in [0.1, 0.15) is 51.4 Å². The van der Waals surface area contributed by atoms with Crippen molar-refractivity contribution in [3.05, 3.63) is 6.33 Å². The van der Waals surface area contributed by atoms with Gasteiger partial charge >= 0.3 is 0 Å². The van der Waals surface area contributed by atoms with Gasteiger partial charge in [0.15, 0.2) is 0 Å². The molecule has 142 valence electrons. The van der Waals surface area contributed by atoms with Gasteiger partial charge in [-0.2, -0.15) is 0 Å². The van der Waals surface area contributed by atoms with Crippen LogP contribution in [0.2, 0.25) is 0 Å². The van der Waals surface area contributed by atoms with E-state index in [0.717, 1.165) is 57.8 Å². The predicted octanol–water partition coefficient (Wildman–Crippen LogP) is 1.09. The fourth-order valence-corrected chi connectivity index (χ4v) is 4.47. The molecule has 1 atom stereocenters. The molecule has 0 bridgehead atoms. The molecule has 0 aromatic carbocycles. The van der Waals surface area contributed by atoms with Crippen LogP contribution >= 0.6 is 0 Å². The van der Waals surface area contributed by atoms with E-state index < -0.39 is 0 Å². The van der Waals surface area contributed by atoms with E-state index in [2.05, 4.69) is 20.4 Å². The van der Waals surface area contributed by atoms with Crippen molar-refractivity contribution in [2.24, 2.45) is 11.3 Å².